The molecular formula is C28H24. The first-order chi connectivity index (χ1) is 13.9. The van der Waals surface area contributed by atoms with Crippen molar-refractivity contribution < 1.29 is 0 Å². The van der Waals surface area contributed by atoms with Gasteiger partial charge >= 0.3 is 0 Å². The van der Waals surface area contributed by atoms with E-state index < -0.39 is 0 Å². The van der Waals surface area contributed by atoms with Crippen molar-refractivity contribution in [3.63, 3.8) is 0 Å². The highest BCUT2D eigenvalue weighted by molar-refractivity contribution is 5.70. The summed E-state index contributed by atoms with van der Waals surface area (Å²) in [5, 5.41) is 0. The lowest BCUT2D eigenvalue weighted by Gasteiger charge is -1.92. The van der Waals surface area contributed by atoms with Gasteiger partial charge in [-0.25, -0.2) is 0 Å². The Bertz CT molecular complexity index is 799. The molecule has 0 amide bonds. The molecule has 0 heteroatoms. The van der Waals surface area contributed by atoms with Crippen LogP contribution in [0.15, 0.2) is 121 Å². The highest BCUT2D eigenvalue weighted by Gasteiger charge is 1.85. The lowest BCUT2D eigenvalue weighted by molar-refractivity contribution is 1.65. The Hall–Kier alpha value is -3.64. The Kier molecular flexibility index (Phi) is 7.62. The molecule has 0 unspecified atom stereocenters. The molecule has 28 heavy (non-hydrogen) atoms. The second kappa shape index (κ2) is 11.2. The van der Waals surface area contributed by atoms with Crippen molar-refractivity contribution in [2.45, 2.75) is 0 Å². The minimum atomic E-state index is 1.23. The second-order valence-electron chi connectivity index (χ2n) is 6.31. The minimum absolute atomic E-state index is 1.23. The van der Waals surface area contributed by atoms with E-state index in [0.29, 0.717) is 0 Å². The third-order valence-corrected chi connectivity index (χ3v) is 4.13. The molecule has 0 radical (unpaired) electrons. The predicted octanol–water partition coefficient (Wildman–Crippen LogP) is 7.71. The molecule has 0 aliphatic heterocycles. The third-order valence-electron chi connectivity index (χ3n) is 4.13. The first kappa shape index (κ1) is 19.1. The molecule has 4 aromatic carbocycles. The van der Waals surface area contributed by atoms with Crippen LogP contribution in [0.4, 0.5) is 0 Å². The Balaban J connectivity index is 0.000000161. The molecule has 0 spiro atoms. The normalized spacial score (nSPS) is 10.6. The molecule has 0 saturated heterocycles. The van der Waals surface area contributed by atoms with Crippen LogP contribution in [-0.2, 0) is 0 Å². The highest BCUT2D eigenvalue weighted by atomic mass is 13.9. The first-order valence-electron chi connectivity index (χ1n) is 9.46. The van der Waals surface area contributed by atoms with E-state index in [1.54, 1.807) is 0 Å². The highest BCUT2D eigenvalue weighted by Crippen LogP contribution is 2.08. The zero-order valence-corrected chi connectivity index (χ0v) is 15.9. The standard InChI is InChI=1S/2C14H12/c2*1-3-7-13(8-4-1)11-12-14-9-5-2-6-10-14/h2*1-12H/b12-11+;12-11-. The fraction of sp³-hybridized carbons (Fsp3) is 0. The summed E-state index contributed by atoms with van der Waals surface area (Å²) in [4.78, 5) is 0. The van der Waals surface area contributed by atoms with E-state index in [-0.39, 0.29) is 0 Å². The fourth-order valence-electron chi connectivity index (χ4n) is 2.64. The van der Waals surface area contributed by atoms with Gasteiger partial charge in [0.15, 0.2) is 0 Å². The summed E-state index contributed by atoms with van der Waals surface area (Å²) in [6, 6.07) is 41.3. The van der Waals surface area contributed by atoms with Crippen LogP contribution >= 0.6 is 0 Å². The Morgan fingerprint density at radius 3 is 0.607 bits per heavy atom. The molecule has 0 heterocycles. The molecule has 136 valence electrons. The van der Waals surface area contributed by atoms with Gasteiger partial charge in [0.25, 0.3) is 0 Å². The van der Waals surface area contributed by atoms with Crippen LogP contribution in [-0.4, -0.2) is 0 Å². The van der Waals surface area contributed by atoms with E-state index in [9.17, 15) is 0 Å². The molecule has 0 aliphatic rings. The lowest BCUT2D eigenvalue weighted by atomic mass is 10.1. The predicted molar refractivity (Wildman–Crippen MR) is 124 cm³/mol. The Morgan fingerprint density at radius 2 is 0.429 bits per heavy atom. The van der Waals surface area contributed by atoms with Gasteiger partial charge in [0.05, 0.1) is 0 Å². The van der Waals surface area contributed by atoms with Crippen LogP contribution in [0.1, 0.15) is 22.3 Å². The second-order valence-corrected chi connectivity index (χ2v) is 6.31. The Morgan fingerprint density at radius 1 is 0.250 bits per heavy atom. The minimum Gasteiger partial charge on any atom is -0.0622 e. The topological polar surface area (TPSA) is 0 Å². The van der Waals surface area contributed by atoms with Gasteiger partial charge in [0, 0.05) is 0 Å². The van der Waals surface area contributed by atoms with Gasteiger partial charge < -0.3 is 0 Å². The monoisotopic (exact) mass is 360 g/mol. The molecule has 0 N–H and O–H groups in total. The molecule has 0 bridgehead atoms. The average Bonchev–Trinajstić information content (AvgIpc) is 2.80. The van der Waals surface area contributed by atoms with E-state index in [1.165, 1.54) is 22.3 Å². The Labute approximate surface area is 168 Å². The summed E-state index contributed by atoms with van der Waals surface area (Å²) in [7, 11) is 0. The van der Waals surface area contributed by atoms with Crippen molar-refractivity contribution in [2.24, 2.45) is 0 Å². The first-order valence-corrected chi connectivity index (χ1v) is 9.46. The maximum absolute atomic E-state index is 2.12. The molecular weight excluding hydrogens is 336 g/mol. The molecule has 0 saturated carbocycles. The maximum Gasteiger partial charge on any atom is -0.0256 e. The number of rotatable bonds is 4. The van der Waals surface area contributed by atoms with Crippen molar-refractivity contribution in [3.8, 4) is 0 Å². The van der Waals surface area contributed by atoms with E-state index in [4.69, 9.17) is 0 Å². The molecule has 4 aromatic rings. The van der Waals surface area contributed by atoms with Crippen LogP contribution in [0.25, 0.3) is 24.3 Å². The van der Waals surface area contributed by atoms with Gasteiger partial charge in [0.2, 0.25) is 0 Å². The van der Waals surface area contributed by atoms with Crippen molar-refractivity contribution >= 4 is 24.3 Å². The van der Waals surface area contributed by atoms with Crippen molar-refractivity contribution in [1.82, 2.24) is 0 Å². The third kappa shape index (κ3) is 6.93. The summed E-state index contributed by atoms with van der Waals surface area (Å²) >= 11 is 0. The zero-order valence-electron chi connectivity index (χ0n) is 15.9. The van der Waals surface area contributed by atoms with E-state index in [1.807, 2.05) is 72.8 Å². The molecule has 0 aromatic heterocycles. The fourth-order valence-corrected chi connectivity index (χ4v) is 2.64. The van der Waals surface area contributed by atoms with Gasteiger partial charge in [-0.2, -0.15) is 0 Å². The van der Waals surface area contributed by atoms with Gasteiger partial charge in [-0.05, 0) is 22.3 Å². The quantitative estimate of drug-likeness (QED) is 0.327. The number of benzene rings is 4. The van der Waals surface area contributed by atoms with Gasteiger partial charge in [-0.15, -0.1) is 0 Å². The number of hydrogen-bond donors (Lipinski definition) is 0. The SMILES string of the molecule is C(=C/c1ccccc1)/c1ccccc1.C(=C\c1ccccc1)/c1ccccc1. The summed E-state index contributed by atoms with van der Waals surface area (Å²) in [6.07, 6.45) is 8.48. The van der Waals surface area contributed by atoms with Crippen LogP contribution in [0.2, 0.25) is 0 Å². The van der Waals surface area contributed by atoms with Gasteiger partial charge in [-0.1, -0.05) is 146 Å². The molecule has 0 aliphatic carbocycles. The summed E-state index contributed by atoms with van der Waals surface area (Å²) < 4.78 is 0. The van der Waals surface area contributed by atoms with Crippen molar-refractivity contribution in [1.29, 1.82) is 0 Å². The summed E-state index contributed by atoms with van der Waals surface area (Å²) in [5.74, 6) is 0. The van der Waals surface area contributed by atoms with Crippen LogP contribution in [0.5, 0.6) is 0 Å². The van der Waals surface area contributed by atoms with Gasteiger partial charge in [-0.3, -0.25) is 0 Å². The molecule has 0 fully saturated rings. The largest absolute Gasteiger partial charge is 0.0622 e. The molecule has 0 nitrogen and oxygen atoms in total. The zero-order chi connectivity index (χ0) is 19.3. The summed E-state index contributed by atoms with van der Waals surface area (Å²) in [6.45, 7) is 0. The van der Waals surface area contributed by atoms with Gasteiger partial charge in [0.1, 0.15) is 0 Å². The maximum atomic E-state index is 2.12. The lowest BCUT2D eigenvalue weighted by Crippen LogP contribution is -1.70. The van der Waals surface area contributed by atoms with Crippen LogP contribution < -0.4 is 0 Å². The van der Waals surface area contributed by atoms with E-state index in [2.05, 4.69) is 72.8 Å². The van der Waals surface area contributed by atoms with E-state index in [0.717, 1.165) is 0 Å². The van der Waals surface area contributed by atoms with Crippen LogP contribution in [0.3, 0.4) is 0 Å². The van der Waals surface area contributed by atoms with E-state index >= 15 is 0 Å². The molecule has 0 atom stereocenters. The van der Waals surface area contributed by atoms with Crippen molar-refractivity contribution in [3.05, 3.63) is 144 Å². The van der Waals surface area contributed by atoms with Crippen molar-refractivity contribution in [2.75, 3.05) is 0 Å². The summed E-state index contributed by atoms with van der Waals surface area (Å²) in [5.41, 5.74) is 4.93. The average molecular weight is 361 g/mol. The number of hydrogen-bond acceptors (Lipinski definition) is 0. The smallest absolute Gasteiger partial charge is 0.0256 e. The molecule has 4 rings (SSSR count). The van der Waals surface area contributed by atoms with Crippen LogP contribution in [0, 0.1) is 0 Å².